The summed E-state index contributed by atoms with van der Waals surface area (Å²) < 4.78 is 5.31. The summed E-state index contributed by atoms with van der Waals surface area (Å²) in [6.07, 6.45) is 1.59. The number of carboxylic acid groups (broad SMARTS) is 1. The van der Waals surface area contributed by atoms with Crippen LogP contribution in [0.3, 0.4) is 0 Å². The highest BCUT2D eigenvalue weighted by Gasteiger charge is 2.23. The van der Waals surface area contributed by atoms with Crippen LogP contribution in [0, 0.1) is 0 Å². The molecule has 7 nitrogen and oxygen atoms in total. The van der Waals surface area contributed by atoms with Gasteiger partial charge in [0, 0.05) is 18.7 Å². The van der Waals surface area contributed by atoms with E-state index in [1.807, 2.05) is 0 Å². The van der Waals surface area contributed by atoms with Gasteiger partial charge in [0.25, 0.3) is 5.91 Å². The summed E-state index contributed by atoms with van der Waals surface area (Å²) in [6, 6.07) is 5.77. The maximum Gasteiger partial charge on any atom is 0.326 e. The van der Waals surface area contributed by atoms with Crippen molar-refractivity contribution in [2.75, 3.05) is 6.61 Å². The molecule has 2 rings (SSSR count). The number of carbonyl (C=O) groups is 3. The Morgan fingerprint density at radius 1 is 1.29 bits per heavy atom. The molecule has 1 saturated heterocycles. The van der Waals surface area contributed by atoms with Crippen LogP contribution in [0.2, 0.25) is 0 Å². The van der Waals surface area contributed by atoms with Gasteiger partial charge in [0.2, 0.25) is 5.91 Å². The lowest BCUT2D eigenvalue weighted by Crippen LogP contribution is -2.40. The molecule has 0 unspecified atom stereocenters. The monoisotopic (exact) mass is 334 g/mol. The first-order chi connectivity index (χ1) is 11.5. The maximum atomic E-state index is 12.0. The van der Waals surface area contributed by atoms with Crippen LogP contribution in [-0.2, 0) is 20.9 Å². The topological polar surface area (TPSA) is 105 Å². The fourth-order valence-electron chi connectivity index (χ4n) is 2.44. The Morgan fingerprint density at radius 2 is 2.00 bits per heavy atom. The van der Waals surface area contributed by atoms with E-state index in [4.69, 9.17) is 9.84 Å². The Balaban J connectivity index is 1.86. The van der Waals surface area contributed by atoms with Crippen molar-refractivity contribution in [2.24, 2.45) is 0 Å². The summed E-state index contributed by atoms with van der Waals surface area (Å²) in [5.74, 6) is -1.61. The summed E-state index contributed by atoms with van der Waals surface area (Å²) in [5, 5.41) is 14.2. The van der Waals surface area contributed by atoms with Crippen molar-refractivity contribution in [3.05, 3.63) is 35.4 Å². The van der Waals surface area contributed by atoms with Crippen LogP contribution in [0.4, 0.5) is 0 Å². The van der Waals surface area contributed by atoms with Crippen molar-refractivity contribution < 1.29 is 24.2 Å². The molecule has 1 aliphatic heterocycles. The Labute approximate surface area is 140 Å². The highest BCUT2D eigenvalue weighted by molar-refractivity contribution is 5.96. The number of hydrogen-bond acceptors (Lipinski definition) is 4. The number of benzene rings is 1. The fraction of sp³-hybridized carbons (Fsp3) is 0.471. The van der Waals surface area contributed by atoms with Crippen molar-refractivity contribution >= 4 is 17.8 Å². The summed E-state index contributed by atoms with van der Waals surface area (Å²) in [4.78, 5) is 34.8. The summed E-state index contributed by atoms with van der Waals surface area (Å²) in [7, 11) is 0. The molecule has 0 saturated carbocycles. The molecule has 1 fully saturated rings. The molecule has 1 aromatic rings. The van der Waals surface area contributed by atoms with E-state index in [-0.39, 0.29) is 12.0 Å². The zero-order valence-electron chi connectivity index (χ0n) is 13.6. The van der Waals surface area contributed by atoms with Gasteiger partial charge in [-0.2, -0.15) is 0 Å². The van der Waals surface area contributed by atoms with E-state index in [1.165, 1.54) is 0 Å². The third-order valence-electron chi connectivity index (χ3n) is 3.92. The minimum atomic E-state index is -1.06. The van der Waals surface area contributed by atoms with E-state index in [1.54, 1.807) is 31.2 Å². The molecule has 0 aliphatic carbocycles. The van der Waals surface area contributed by atoms with Crippen LogP contribution in [0.25, 0.3) is 0 Å². The molecule has 2 amide bonds. The number of nitrogens with one attached hydrogen (secondary N) is 2. The lowest BCUT2D eigenvalue weighted by atomic mass is 10.1. The second-order valence-corrected chi connectivity index (χ2v) is 5.69. The molecule has 7 heteroatoms. The van der Waals surface area contributed by atoms with Gasteiger partial charge in [0.1, 0.15) is 12.1 Å². The number of amides is 2. The Morgan fingerprint density at radius 3 is 2.54 bits per heavy atom. The summed E-state index contributed by atoms with van der Waals surface area (Å²) >= 11 is 0. The zero-order chi connectivity index (χ0) is 17.5. The van der Waals surface area contributed by atoms with Crippen molar-refractivity contribution in [1.82, 2.24) is 10.6 Å². The first kappa shape index (κ1) is 17.9. The standard InChI is InChI=1S/C17H22N2O5/c1-2-13(17(22)23)19-15(20)12-7-5-11(6-8-12)10-18-16(21)14-4-3-9-24-14/h5-8,13-14H,2-4,9-10H2,1H3,(H,18,21)(H,19,20)(H,22,23)/t13-,14-/m1/s1. The number of ether oxygens (including phenoxy) is 1. The quantitative estimate of drug-likeness (QED) is 0.692. The van der Waals surface area contributed by atoms with Crippen molar-refractivity contribution in [2.45, 2.75) is 44.9 Å². The maximum absolute atomic E-state index is 12.0. The number of aliphatic carboxylic acids is 1. The molecule has 1 aromatic carbocycles. The SMILES string of the molecule is CC[C@@H](NC(=O)c1ccc(CNC(=O)[C@H]2CCCO2)cc1)C(=O)O. The lowest BCUT2D eigenvalue weighted by molar-refractivity contribution is -0.139. The highest BCUT2D eigenvalue weighted by Crippen LogP contribution is 2.12. The van der Waals surface area contributed by atoms with Gasteiger partial charge in [-0.3, -0.25) is 9.59 Å². The van der Waals surface area contributed by atoms with Crippen molar-refractivity contribution in [1.29, 1.82) is 0 Å². The fourth-order valence-corrected chi connectivity index (χ4v) is 2.44. The lowest BCUT2D eigenvalue weighted by Gasteiger charge is -2.13. The number of hydrogen-bond donors (Lipinski definition) is 3. The number of carbonyl (C=O) groups excluding carboxylic acids is 2. The van der Waals surface area contributed by atoms with Gasteiger partial charge in [-0.15, -0.1) is 0 Å². The molecule has 0 spiro atoms. The molecule has 130 valence electrons. The van der Waals surface area contributed by atoms with Gasteiger partial charge in [-0.1, -0.05) is 19.1 Å². The van der Waals surface area contributed by atoms with Crippen LogP contribution in [0.1, 0.15) is 42.1 Å². The van der Waals surface area contributed by atoms with Crippen LogP contribution in [0.5, 0.6) is 0 Å². The Hall–Kier alpha value is -2.41. The molecular weight excluding hydrogens is 312 g/mol. The first-order valence-electron chi connectivity index (χ1n) is 8.03. The van der Waals surface area contributed by atoms with Crippen LogP contribution < -0.4 is 10.6 Å². The van der Waals surface area contributed by atoms with Crippen molar-refractivity contribution in [3.63, 3.8) is 0 Å². The van der Waals surface area contributed by atoms with Crippen molar-refractivity contribution in [3.8, 4) is 0 Å². The van der Waals surface area contributed by atoms with Gasteiger partial charge in [-0.25, -0.2) is 4.79 Å². The third kappa shape index (κ3) is 4.79. The molecule has 0 bridgehead atoms. The Bertz CT molecular complexity index is 594. The molecule has 2 atom stereocenters. The zero-order valence-corrected chi connectivity index (χ0v) is 13.6. The van der Waals surface area contributed by atoms with Gasteiger partial charge in [0.05, 0.1) is 0 Å². The summed E-state index contributed by atoms with van der Waals surface area (Å²) in [5.41, 5.74) is 1.23. The molecule has 1 aliphatic rings. The van der Waals surface area contributed by atoms with Gasteiger partial charge >= 0.3 is 5.97 Å². The van der Waals surface area contributed by atoms with Gasteiger partial charge in [-0.05, 0) is 37.0 Å². The predicted molar refractivity (Wildman–Crippen MR) is 86.4 cm³/mol. The van der Waals surface area contributed by atoms with Crippen LogP contribution in [0.15, 0.2) is 24.3 Å². The van der Waals surface area contributed by atoms with Gasteiger partial charge < -0.3 is 20.5 Å². The smallest absolute Gasteiger partial charge is 0.326 e. The third-order valence-corrected chi connectivity index (χ3v) is 3.92. The van der Waals surface area contributed by atoms with Gasteiger partial charge in [0.15, 0.2) is 0 Å². The normalized spacial score (nSPS) is 18.0. The van der Waals surface area contributed by atoms with E-state index >= 15 is 0 Å². The van der Waals surface area contributed by atoms with Crippen LogP contribution >= 0.6 is 0 Å². The molecular formula is C17H22N2O5. The second-order valence-electron chi connectivity index (χ2n) is 5.69. The highest BCUT2D eigenvalue weighted by atomic mass is 16.5. The number of carboxylic acids is 1. The molecule has 24 heavy (non-hydrogen) atoms. The Kier molecular flexibility index (Phi) is 6.31. The average Bonchev–Trinajstić information content (AvgIpc) is 3.12. The van der Waals surface area contributed by atoms with E-state index in [0.717, 1.165) is 18.4 Å². The largest absolute Gasteiger partial charge is 0.480 e. The first-order valence-corrected chi connectivity index (χ1v) is 8.03. The second kappa shape index (κ2) is 8.44. The molecule has 1 heterocycles. The average molecular weight is 334 g/mol. The van der Waals surface area contributed by atoms with E-state index in [0.29, 0.717) is 25.1 Å². The van der Waals surface area contributed by atoms with Crippen LogP contribution in [-0.4, -0.2) is 41.6 Å². The molecule has 0 aromatic heterocycles. The minimum Gasteiger partial charge on any atom is -0.480 e. The predicted octanol–water partition coefficient (Wildman–Crippen LogP) is 1.07. The minimum absolute atomic E-state index is 0.124. The van der Waals surface area contributed by atoms with E-state index in [9.17, 15) is 14.4 Å². The molecule has 0 radical (unpaired) electrons. The summed E-state index contributed by atoms with van der Waals surface area (Å²) in [6.45, 7) is 2.67. The molecule has 3 N–H and O–H groups in total. The van der Waals surface area contributed by atoms with E-state index < -0.39 is 17.9 Å². The number of rotatable bonds is 7. The van der Waals surface area contributed by atoms with E-state index in [2.05, 4.69) is 10.6 Å².